The van der Waals surface area contributed by atoms with Gasteiger partial charge in [0.05, 0.1) is 17.3 Å². The van der Waals surface area contributed by atoms with Crippen molar-refractivity contribution in [3.05, 3.63) is 64.6 Å². The summed E-state index contributed by atoms with van der Waals surface area (Å²) < 4.78 is 1.81. The molecule has 0 saturated carbocycles. The van der Waals surface area contributed by atoms with Gasteiger partial charge in [0.1, 0.15) is 0 Å². The molecule has 0 unspecified atom stereocenters. The first-order valence-electron chi connectivity index (χ1n) is 6.96. The molecule has 7 heteroatoms. The number of H-pyrrole nitrogens is 1. The Kier molecular flexibility index (Phi) is 3.69. The van der Waals surface area contributed by atoms with Crippen LogP contribution < -0.4 is 10.9 Å². The van der Waals surface area contributed by atoms with Crippen LogP contribution in [0.5, 0.6) is 0 Å². The van der Waals surface area contributed by atoms with E-state index in [1.54, 1.807) is 6.20 Å². The molecule has 7 nitrogen and oxygen atoms in total. The van der Waals surface area contributed by atoms with Gasteiger partial charge in [-0.05, 0) is 18.6 Å². The van der Waals surface area contributed by atoms with Crippen LogP contribution in [0, 0.1) is 0 Å². The number of aromatic amines is 1. The predicted octanol–water partition coefficient (Wildman–Crippen LogP) is 1.30. The molecular formula is C15H15N5O2. The quantitative estimate of drug-likeness (QED) is 0.759. The largest absolute Gasteiger partial charge is 0.344 e. The lowest BCUT2D eigenvalue weighted by Crippen LogP contribution is -2.28. The lowest BCUT2D eigenvalue weighted by molar-refractivity contribution is 0.0934. The molecule has 3 aromatic heterocycles. The molecule has 0 spiro atoms. The monoisotopic (exact) mass is 297 g/mol. The summed E-state index contributed by atoms with van der Waals surface area (Å²) in [4.78, 5) is 34.3. The Hall–Kier alpha value is -2.96. The van der Waals surface area contributed by atoms with Crippen LogP contribution in [0.4, 0.5) is 0 Å². The summed E-state index contributed by atoms with van der Waals surface area (Å²) >= 11 is 0. The molecule has 0 aliphatic rings. The fourth-order valence-electron chi connectivity index (χ4n) is 2.19. The zero-order valence-electron chi connectivity index (χ0n) is 12.0. The topological polar surface area (TPSA) is 92.2 Å². The summed E-state index contributed by atoms with van der Waals surface area (Å²) in [5.74, 6) is 0.336. The van der Waals surface area contributed by atoms with E-state index in [-0.39, 0.29) is 17.5 Å². The molecule has 0 saturated heterocycles. The Morgan fingerprint density at radius 1 is 1.45 bits per heavy atom. The highest BCUT2D eigenvalue weighted by Crippen LogP contribution is 2.16. The van der Waals surface area contributed by atoms with Gasteiger partial charge < -0.3 is 10.3 Å². The summed E-state index contributed by atoms with van der Waals surface area (Å²) in [6.07, 6.45) is 7.47. The van der Waals surface area contributed by atoms with E-state index in [0.717, 1.165) is 5.69 Å². The minimum absolute atomic E-state index is 0.221. The fourth-order valence-corrected chi connectivity index (χ4v) is 2.19. The van der Waals surface area contributed by atoms with Crippen molar-refractivity contribution < 1.29 is 4.79 Å². The van der Waals surface area contributed by atoms with Crippen molar-refractivity contribution in [2.24, 2.45) is 0 Å². The lowest BCUT2D eigenvalue weighted by atomic mass is 10.1. The fraction of sp³-hybridized carbons (Fsp3) is 0.200. The van der Waals surface area contributed by atoms with E-state index in [4.69, 9.17) is 0 Å². The number of aromatic nitrogens is 4. The molecule has 0 bridgehead atoms. The van der Waals surface area contributed by atoms with Crippen molar-refractivity contribution >= 4 is 11.7 Å². The molecule has 1 atom stereocenters. The number of fused-ring (bicyclic) bond motifs is 1. The molecule has 3 aromatic rings. The van der Waals surface area contributed by atoms with Crippen LogP contribution in [-0.4, -0.2) is 25.3 Å². The number of rotatable bonds is 4. The third kappa shape index (κ3) is 2.73. The molecule has 0 fully saturated rings. The number of carbonyl (C=O) groups is 1. The smallest absolute Gasteiger partial charge is 0.253 e. The van der Waals surface area contributed by atoms with Crippen molar-refractivity contribution in [3.8, 4) is 0 Å². The maximum atomic E-state index is 12.2. The Morgan fingerprint density at radius 2 is 2.32 bits per heavy atom. The first-order valence-corrected chi connectivity index (χ1v) is 6.96. The van der Waals surface area contributed by atoms with Gasteiger partial charge in [-0.1, -0.05) is 6.92 Å². The van der Waals surface area contributed by atoms with Gasteiger partial charge in [0.15, 0.2) is 0 Å². The molecule has 0 aromatic carbocycles. The molecule has 2 N–H and O–H groups in total. The molecular weight excluding hydrogens is 282 g/mol. The SMILES string of the molecule is CC[C@@H](NC(=O)c1ccc(=O)[nH]c1)c1cn2cccnc2n1. The second-order valence-electron chi connectivity index (χ2n) is 4.87. The Balaban J connectivity index is 1.83. The van der Waals surface area contributed by atoms with Crippen LogP contribution in [0.3, 0.4) is 0 Å². The van der Waals surface area contributed by atoms with Crippen LogP contribution in [0.25, 0.3) is 5.78 Å². The number of amides is 1. The van der Waals surface area contributed by atoms with Gasteiger partial charge in [-0.2, -0.15) is 0 Å². The zero-order valence-corrected chi connectivity index (χ0v) is 12.0. The van der Waals surface area contributed by atoms with E-state index >= 15 is 0 Å². The Labute approximate surface area is 126 Å². The summed E-state index contributed by atoms with van der Waals surface area (Å²) in [7, 11) is 0. The first kappa shape index (κ1) is 14.0. The number of imidazole rings is 1. The maximum Gasteiger partial charge on any atom is 0.253 e. The lowest BCUT2D eigenvalue weighted by Gasteiger charge is -2.14. The average Bonchev–Trinajstić information content (AvgIpc) is 2.96. The van der Waals surface area contributed by atoms with Crippen molar-refractivity contribution in [1.82, 2.24) is 24.7 Å². The molecule has 0 aliphatic heterocycles. The van der Waals surface area contributed by atoms with Gasteiger partial charge in [0, 0.05) is 30.9 Å². The molecule has 1 amide bonds. The molecule has 3 rings (SSSR count). The van der Waals surface area contributed by atoms with Gasteiger partial charge in [-0.15, -0.1) is 0 Å². The van der Waals surface area contributed by atoms with Gasteiger partial charge in [0.25, 0.3) is 5.91 Å². The van der Waals surface area contributed by atoms with Gasteiger partial charge in [0.2, 0.25) is 11.3 Å². The number of nitrogens with zero attached hydrogens (tertiary/aromatic N) is 3. The summed E-state index contributed by atoms with van der Waals surface area (Å²) in [5.41, 5.74) is 0.911. The first-order chi connectivity index (χ1) is 10.7. The van der Waals surface area contributed by atoms with Crippen molar-refractivity contribution in [3.63, 3.8) is 0 Å². The second-order valence-corrected chi connectivity index (χ2v) is 4.87. The van der Waals surface area contributed by atoms with E-state index in [2.05, 4.69) is 20.3 Å². The molecule has 0 aliphatic carbocycles. The van der Waals surface area contributed by atoms with Gasteiger partial charge >= 0.3 is 0 Å². The Morgan fingerprint density at radius 3 is 3.00 bits per heavy atom. The van der Waals surface area contributed by atoms with E-state index < -0.39 is 0 Å². The highest BCUT2D eigenvalue weighted by Gasteiger charge is 2.17. The maximum absolute atomic E-state index is 12.2. The summed E-state index contributed by atoms with van der Waals surface area (Å²) in [5, 5.41) is 2.92. The molecule has 3 heterocycles. The number of nitrogens with one attached hydrogen (secondary N) is 2. The molecule has 112 valence electrons. The van der Waals surface area contributed by atoms with Gasteiger partial charge in [-0.25, -0.2) is 9.97 Å². The van der Waals surface area contributed by atoms with Crippen LogP contribution >= 0.6 is 0 Å². The number of hydrogen-bond acceptors (Lipinski definition) is 4. The number of carbonyl (C=O) groups excluding carboxylic acids is 1. The summed E-state index contributed by atoms with van der Waals surface area (Å²) in [6.45, 7) is 1.97. The van der Waals surface area contributed by atoms with E-state index in [9.17, 15) is 9.59 Å². The number of hydrogen-bond donors (Lipinski definition) is 2. The minimum atomic E-state index is -0.256. The van der Waals surface area contributed by atoms with Gasteiger partial charge in [-0.3, -0.25) is 14.0 Å². The Bertz CT molecular complexity index is 814. The second kappa shape index (κ2) is 5.80. The summed E-state index contributed by atoms with van der Waals surface area (Å²) in [6, 6.07) is 4.41. The van der Waals surface area contributed by atoms with Crippen molar-refractivity contribution in [2.75, 3.05) is 0 Å². The van der Waals surface area contributed by atoms with Crippen LogP contribution in [0.2, 0.25) is 0 Å². The third-order valence-electron chi connectivity index (χ3n) is 3.37. The van der Waals surface area contributed by atoms with E-state index in [0.29, 0.717) is 17.8 Å². The standard InChI is InChI=1S/C15H15N5O2/c1-2-11(12-9-20-7-3-6-16-15(20)19-12)18-14(22)10-4-5-13(21)17-8-10/h3-9,11H,2H2,1H3,(H,17,21)(H,18,22)/t11-/m1/s1. The molecule has 0 radical (unpaired) electrons. The highest BCUT2D eigenvalue weighted by molar-refractivity contribution is 5.94. The van der Waals surface area contributed by atoms with E-state index in [1.165, 1.54) is 18.3 Å². The van der Waals surface area contributed by atoms with Crippen molar-refractivity contribution in [1.29, 1.82) is 0 Å². The third-order valence-corrected chi connectivity index (χ3v) is 3.37. The zero-order chi connectivity index (χ0) is 15.5. The van der Waals surface area contributed by atoms with E-state index in [1.807, 2.05) is 29.8 Å². The van der Waals surface area contributed by atoms with Crippen LogP contribution in [0.15, 0.2) is 47.8 Å². The number of pyridine rings is 1. The minimum Gasteiger partial charge on any atom is -0.344 e. The highest BCUT2D eigenvalue weighted by atomic mass is 16.2. The van der Waals surface area contributed by atoms with Crippen LogP contribution in [0.1, 0.15) is 35.4 Å². The normalized spacial score (nSPS) is 12.2. The van der Waals surface area contributed by atoms with Crippen LogP contribution in [-0.2, 0) is 0 Å². The molecule has 22 heavy (non-hydrogen) atoms. The van der Waals surface area contributed by atoms with Crippen molar-refractivity contribution in [2.45, 2.75) is 19.4 Å². The predicted molar refractivity (Wildman–Crippen MR) is 80.5 cm³/mol. The average molecular weight is 297 g/mol.